The van der Waals surface area contributed by atoms with Crippen LogP contribution >= 0.6 is 0 Å². The van der Waals surface area contributed by atoms with Crippen molar-refractivity contribution in [3.8, 4) is 0 Å². The Labute approximate surface area is 122 Å². The van der Waals surface area contributed by atoms with Crippen LogP contribution in [-0.2, 0) is 14.9 Å². The maximum atomic E-state index is 12.3. The van der Waals surface area contributed by atoms with Crippen molar-refractivity contribution in [3.63, 3.8) is 0 Å². The molecule has 0 aromatic heterocycles. The average Bonchev–Trinajstić information content (AvgIpc) is 2.75. The predicted molar refractivity (Wildman–Crippen MR) is 78.8 cm³/mol. The molecule has 0 spiro atoms. The van der Waals surface area contributed by atoms with Gasteiger partial charge in [-0.1, -0.05) is 12.8 Å². The Kier molecular flexibility index (Phi) is 6.22. The SMILES string of the molecule is CC(CNS(=O)(=O)N1CCCCCC1)N1CCOCC1. The molecule has 0 bridgehead atoms. The molecule has 0 aromatic carbocycles. The second kappa shape index (κ2) is 7.70. The molecule has 0 saturated carbocycles. The van der Waals surface area contributed by atoms with E-state index in [-0.39, 0.29) is 6.04 Å². The van der Waals surface area contributed by atoms with Gasteiger partial charge >= 0.3 is 0 Å². The smallest absolute Gasteiger partial charge is 0.279 e. The van der Waals surface area contributed by atoms with E-state index in [1.54, 1.807) is 4.31 Å². The first kappa shape index (κ1) is 16.2. The van der Waals surface area contributed by atoms with Crippen LogP contribution in [0.25, 0.3) is 0 Å². The van der Waals surface area contributed by atoms with Crippen molar-refractivity contribution >= 4 is 10.2 Å². The Morgan fingerprint density at radius 3 is 2.25 bits per heavy atom. The molecular formula is C13H27N3O3S. The van der Waals surface area contributed by atoms with Crippen LogP contribution in [-0.4, -0.2) is 69.6 Å². The molecule has 2 rings (SSSR count). The van der Waals surface area contributed by atoms with Crippen LogP contribution in [0.2, 0.25) is 0 Å². The molecule has 2 fully saturated rings. The van der Waals surface area contributed by atoms with Gasteiger partial charge in [-0.25, -0.2) is 4.72 Å². The number of rotatable bonds is 5. The third-order valence-electron chi connectivity index (χ3n) is 4.14. The third-order valence-corrected chi connectivity index (χ3v) is 5.71. The van der Waals surface area contributed by atoms with Crippen molar-refractivity contribution in [1.82, 2.24) is 13.9 Å². The van der Waals surface area contributed by atoms with Crippen LogP contribution in [0.5, 0.6) is 0 Å². The molecule has 1 atom stereocenters. The topological polar surface area (TPSA) is 61.9 Å². The van der Waals surface area contributed by atoms with Gasteiger partial charge in [0.05, 0.1) is 13.2 Å². The summed E-state index contributed by atoms with van der Waals surface area (Å²) in [5.74, 6) is 0. The average molecular weight is 305 g/mol. The van der Waals surface area contributed by atoms with Crippen LogP contribution in [0.4, 0.5) is 0 Å². The Hall–Kier alpha value is -0.210. The van der Waals surface area contributed by atoms with Crippen LogP contribution in [0.1, 0.15) is 32.6 Å². The molecule has 2 aliphatic heterocycles. The number of nitrogens with zero attached hydrogens (tertiary/aromatic N) is 2. The Morgan fingerprint density at radius 2 is 1.65 bits per heavy atom. The Bertz CT molecular complexity index is 374. The van der Waals surface area contributed by atoms with E-state index in [0.717, 1.165) is 52.0 Å². The first-order chi connectivity index (χ1) is 9.59. The minimum atomic E-state index is -3.31. The van der Waals surface area contributed by atoms with Crippen molar-refractivity contribution in [1.29, 1.82) is 0 Å². The first-order valence-corrected chi connectivity index (χ1v) is 9.10. The summed E-state index contributed by atoms with van der Waals surface area (Å²) in [6.45, 7) is 7.09. The van der Waals surface area contributed by atoms with Crippen molar-refractivity contribution < 1.29 is 13.2 Å². The maximum absolute atomic E-state index is 12.3. The molecule has 0 aliphatic carbocycles. The van der Waals surface area contributed by atoms with Gasteiger partial charge in [0.2, 0.25) is 0 Å². The monoisotopic (exact) mass is 305 g/mol. The van der Waals surface area contributed by atoms with E-state index in [9.17, 15) is 8.42 Å². The molecule has 7 heteroatoms. The van der Waals surface area contributed by atoms with Gasteiger partial charge in [-0.3, -0.25) is 4.90 Å². The van der Waals surface area contributed by atoms with Crippen molar-refractivity contribution in [2.75, 3.05) is 45.9 Å². The summed E-state index contributed by atoms with van der Waals surface area (Å²) in [6, 6.07) is 0.209. The highest BCUT2D eigenvalue weighted by Crippen LogP contribution is 2.12. The Morgan fingerprint density at radius 1 is 1.05 bits per heavy atom. The van der Waals surface area contributed by atoms with Gasteiger partial charge in [0.1, 0.15) is 0 Å². The van der Waals surface area contributed by atoms with E-state index in [0.29, 0.717) is 19.6 Å². The number of hydrogen-bond acceptors (Lipinski definition) is 4. The highest BCUT2D eigenvalue weighted by atomic mass is 32.2. The molecule has 0 aromatic rings. The van der Waals surface area contributed by atoms with Crippen LogP contribution in [0.3, 0.4) is 0 Å². The van der Waals surface area contributed by atoms with Gasteiger partial charge in [-0.15, -0.1) is 0 Å². The fourth-order valence-electron chi connectivity index (χ4n) is 2.75. The molecule has 2 heterocycles. The lowest BCUT2D eigenvalue weighted by Gasteiger charge is -2.32. The Balaban J connectivity index is 1.81. The molecule has 6 nitrogen and oxygen atoms in total. The molecule has 1 unspecified atom stereocenters. The first-order valence-electron chi connectivity index (χ1n) is 7.66. The van der Waals surface area contributed by atoms with Crippen molar-refractivity contribution in [2.45, 2.75) is 38.6 Å². The van der Waals surface area contributed by atoms with Gasteiger partial charge in [0.25, 0.3) is 10.2 Å². The maximum Gasteiger partial charge on any atom is 0.279 e. The lowest BCUT2D eigenvalue weighted by atomic mass is 10.2. The van der Waals surface area contributed by atoms with Gasteiger partial charge in [0, 0.05) is 38.8 Å². The van der Waals surface area contributed by atoms with E-state index in [2.05, 4.69) is 16.5 Å². The van der Waals surface area contributed by atoms with E-state index in [4.69, 9.17) is 4.74 Å². The molecule has 0 amide bonds. The third kappa shape index (κ3) is 4.66. The summed E-state index contributed by atoms with van der Waals surface area (Å²) >= 11 is 0. The number of nitrogens with one attached hydrogen (secondary N) is 1. The molecule has 2 saturated heterocycles. The largest absolute Gasteiger partial charge is 0.379 e. The van der Waals surface area contributed by atoms with Crippen molar-refractivity contribution in [2.24, 2.45) is 0 Å². The van der Waals surface area contributed by atoms with Gasteiger partial charge in [-0.2, -0.15) is 12.7 Å². The quantitative estimate of drug-likeness (QED) is 0.799. The zero-order valence-corrected chi connectivity index (χ0v) is 13.2. The lowest BCUT2D eigenvalue weighted by molar-refractivity contribution is 0.0213. The van der Waals surface area contributed by atoms with E-state index < -0.39 is 10.2 Å². The summed E-state index contributed by atoms with van der Waals surface area (Å²) in [5, 5.41) is 0. The predicted octanol–water partition coefficient (Wildman–Crippen LogP) is 0.418. The summed E-state index contributed by atoms with van der Waals surface area (Å²) < 4.78 is 34.3. The van der Waals surface area contributed by atoms with Gasteiger partial charge in [-0.05, 0) is 19.8 Å². The zero-order valence-electron chi connectivity index (χ0n) is 12.4. The van der Waals surface area contributed by atoms with E-state index >= 15 is 0 Å². The fourth-order valence-corrected chi connectivity index (χ4v) is 4.12. The summed E-state index contributed by atoms with van der Waals surface area (Å²) in [7, 11) is -3.31. The molecule has 1 N–H and O–H groups in total. The number of hydrogen-bond donors (Lipinski definition) is 1. The highest BCUT2D eigenvalue weighted by Gasteiger charge is 2.24. The van der Waals surface area contributed by atoms with Crippen molar-refractivity contribution in [3.05, 3.63) is 0 Å². The highest BCUT2D eigenvalue weighted by molar-refractivity contribution is 7.87. The van der Waals surface area contributed by atoms with Crippen LogP contribution < -0.4 is 4.72 Å². The lowest BCUT2D eigenvalue weighted by Crippen LogP contribution is -2.50. The molecular weight excluding hydrogens is 278 g/mol. The van der Waals surface area contributed by atoms with Gasteiger partial charge < -0.3 is 4.74 Å². The standard InChI is InChI=1S/C13H27N3O3S/c1-13(15-8-10-19-11-9-15)12-14-20(17,18)16-6-4-2-3-5-7-16/h13-14H,2-12H2,1H3. The molecule has 118 valence electrons. The molecule has 2 aliphatic rings. The van der Waals surface area contributed by atoms with Gasteiger partial charge in [0.15, 0.2) is 0 Å². The van der Waals surface area contributed by atoms with E-state index in [1.807, 2.05) is 0 Å². The van der Waals surface area contributed by atoms with Crippen LogP contribution in [0, 0.1) is 0 Å². The zero-order chi connectivity index (χ0) is 14.4. The summed E-state index contributed by atoms with van der Waals surface area (Å²) in [4.78, 5) is 2.27. The number of morpholine rings is 1. The molecule has 20 heavy (non-hydrogen) atoms. The second-order valence-electron chi connectivity index (χ2n) is 5.66. The minimum Gasteiger partial charge on any atom is -0.379 e. The summed E-state index contributed by atoms with van der Waals surface area (Å²) in [5.41, 5.74) is 0. The molecule has 0 radical (unpaired) electrons. The van der Waals surface area contributed by atoms with Crippen LogP contribution in [0.15, 0.2) is 0 Å². The summed E-state index contributed by atoms with van der Waals surface area (Å²) in [6.07, 6.45) is 4.21. The second-order valence-corrected chi connectivity index (χ2v) is 7.42. The minimum absolute atomic E-state index is 0.209. The van der Waals surface area contributed by atoms with E-state index in [1.165, 1.54) is 0 Å². The normalized spacial score (nSPS) is 25.2. The fraction of sp³-hybridized carbons (Fsp3) is 1.00. The number of ether oxygens (including phenoxy) is 1.